The van der Waals surface area contributed by atoms with Crippen LogP contribution in [0, 0.1) is 0 Å². The van der Waals surface area contributed by atoms with Crippen molar-refractivity contribution in [1.82, 2.24) is 16.0 Å². The Kier molecular flexibility index (Phi) is 9.60. The van der Waals surface area contributed by atoms with Crippen molar-refractivity contribution in [3.8, 4) is 0 Å². The first-order valence-corrected chi connectivity index (χ1v) is 7.92. The lowest BCUT2D eigenvalue weighted by molar-refractivity contribution is -0.120. The molecular formula is C13H25N3O4S. The molecule has 0 aromatic rings. The van der Waals surface area contributed by atoms with Gasteiger partial charge in [0.25, 0.3) is 0 Å². The first kappa shape index (κ1) is 19.6. The van der Waals surface area contributed by atoms with E-state index in [-0.39, 0.29) is 11.8 Å². The summed E-state index contributed by atoms with van der Waals surface area (Å²) in [6.45, 7) is 8.10. The van der Waals surface area contributed by atoms with Crippen LogP contribution in [-0.4, -0.2) is 54.6 Å². The fraction of sp³-hybridized carbons (Fsp3) is 0.769. The molecule has 0 unspecified atom stereocenters. The van der Waals surface area contributed by atoms with Gasteiger partial charge in [-0.1, -0.05) is 0 Å². The average Bonchev–Trinajstić information content (AvgIpc) is 2.31. The predicted molar refractivity (Wildman–Crippen MR) is 83.3 cm³/mol. The van der Waals surface area contributed by atoms with Gasteiger partial charge in [-0.3, -0.25) is 9.59 Å². The van der Waals surface area contributed by atoms with Crippen molar-refractivity contribution >= 4 is 29.7 Å². The molecule has 0 aliphatic heterocycles. The van der Waals surface area contributed by atoms with E-state index in [0.717, 1.165) is 0 Å². The molecule has 0 rings (SSSR count). The van der Waals surface area contributed by atoms with Crippen LogP contribution in [0.3, 0.4) is 0 Å². The fourth-order valence-corrected chi connectivity index (χ4v) is 1.87. The molecule has 3 amide bonds. The van der Waals surface area contributed by atoms with Gasteiger partial charge < -0.3 is 20.7 Å². The second-order valence-corrected chi connectivity index (χ2v) is 6.42. The Morgan fingerprint density at radius 3 is 2.19 bits per heavy atom. The lowest BCUT2D eigenvalue weighted by Crippen LogP contribution is -2.35. The summed E-state index contributed by atoms with van der Waals surface area (Å²) in [5.41, 5.74) is -0.509. The van der Waals surface area contributed by atoms with Crippen molar-refractivity contribution in [3.05, 3.63) is 0 Å². The van der Waals surface area contributed by atoms with Gasteiger partial charge in [0.05, 0.1) is 5.75 Å². The zero-order chi connectivity index (χ0) is 16.3. The van der Waals surface area contributed by atoms with Crippen LogP contribution in [-0.2, 0) is 14.3 Å². The van der Waals surface area contributed by atoms with Gasteiger partial charge in [0, 0.05) is 32.3 Å². The van der Waals surface area contributed by atoms with Crippen molar-refractivity contribution in [1.29, 1.82) is 0 Å². The van der Waals surface area contributed by atoms with E-state index in [1.807, 2.05) is 0 Å². The first-order chi connectivity index (χ1) is 9.70. The highest BCUT2D eigenvalue weighted by atomic mass is 32.2. The van der Waals surface area contributed by atoms with Crippen LogP contribution < -0.4 is 16.0 Å². The molecule has 8 heteroatoms. The molecular weight excluding hydrogens is 294 g/mol. The average molecular weight is 319 g/mol. The van der Waals surface area contributed by atoms with Crippen molar-refractivity contribution in [3.63, 3.8) is 0 Å². The normalized spacial score (nSPS) is 10.7. The third kappa shape index (κ3) is 14.8. The number of thioether (sulfide) groups is 1. The number of ether oxygens (including phenoxy) is 1. The molecule has 21 heavy (non-hydrogen) atoms. The van der Waals surface area contributed by atoms with E-state index in [1.54, 1.807) is 20.8 Å². The molecule has 0 aromatic carbocycles. The first-order valence-electron chi connectivity index (χ1n) is 6.76. The number of rotatable bonds is 8. The summed E-state index contributed by atoms with van der Waals surface area (Å²) in [5.74, 6) is 0.725. The molecule has 0 saturated heterocycles. The van der Waals surface area contributed by atoms with Crippen molar-refractivity contribution in [2.24, 2.45) is 0 Å². The highest BCUT2D eigenvalue weighted by Gasteiger charge is 2.15. The minimum Gasteiger partial charge on any atom is -0.444 e. The van der Waals surface area contributed by atoms with Crippen LogP contribution in [0.5, 0.6) is 0 Å². The molecule has 0 radical (unpaired) electrons. The van der Waals surface area contributed by atoms with Gasteiger partial charge >= 0.3 is 6.09 Å². The lowest BCUT2D eigenvalue weighted by atomic mass is 10.2. The highest BCUT2D eigenvalue weighted by molar-refractivity contribution is 7.99. The lowest BCUT2D eigenvalue weighted by Gasteiger charge is -2.19. The summed E-state index contributed by atoms with van der Waals surface area (Å²) >= 11 is 1.42. The molecule has 0 aromatic heterocycles. The van der Waals surface area contributed by atoms with Crippen LogP contribution in [0.25, 0.3) is 0 Å². The van der Waals surface area contributed by atoms with Crippen LogP contribution >= 0.6 is 11.8 Å². The number of hydrogen-bond acceptors (Lipinski definition) is 5. The monoisotopic (exact) mass is 319 g/mol. The Balaban J connectivity index is 3.48. The number of alkyl carbamates (subject to hydrolysis) is 1. The summed E-state index contributed by atoms with van der Waals surface area (Å²) < 4.78 is 5.08. The zero-order valence-electron chi connectivity index (χ0n) is 13.1. The van der Waals surface area contributed by atoms with Crippen LogP contribution in [0.1, 0.15) is 27.7 Å². The van der Waals surface area contributed by atoms with E-state index in [0.29, 0.717) is 31.1 Å². The molecule has 0 fully saturated rings. The van der Waals surface area contributed by atoms with Gasteiger partial charge in [-0.15, -0.1) is 0 Å². The summed E-state index contributed by atoms with van der Waals surface area (Å²) in [6.07, 6.45) is -0.456. The second-order valence-electron chi connectivity index (χ2n) is 5.31. The maximum Gasteiger partial charge on any atom is 0.407 e. The van der Waals surface area contributed by atoms with Gasteiger partial charge in [-0.25, -0.2) is 4.79 Å². The summed E-state index contributed by atoms with van der Waals surface area (Å²) in [6, 6.07) is 0. The van der Waals surface area contributed by atoms with Crippen molar-refractivity contribution in [2.75, 3.05) is 31.1 Å². The van der Waals surface area contributed by atoms with Gasteiger partial charge in [0.1, 0.15) is 5.60 Å². The molecule has 7 nitrogen and oxygen atoms in total. The van der Waals surface area contributed by atoms with E-state index in [4.69, 9.17) is 4.74 Å². The Labute approximate surface area is 129 Å². The quantitative estimate of drug-likeness (QED) is 0.566. The van der Waals surface area contributed by atoms with Crippen molar-refractivity contribution in [2.45, 2.75) is 33.3 Å². The van der Waals surface area contributed by atoms with Gasteiger partial charge in [0.15, 0.2) is 0 Å². The number of carbonyl (C=O) groups excluding carboxylic acids is 3. The number of amides is 3. The van der Waals surface area contributed by atoms with E-state index in [2.05, 4.69) is 16.0 Å². The smallest absolute Gasteiger partial charge is 0.407 e. The standard InChI is InChI=1S/C13H25N3O4S/c1-10(17)14-5-6-15-11(18)9-21-8-7-16-12(19)20-13(2,3)4/h5-9H2,1-4H3,(H,14,17)(H,15,18)(H,16,19). The third-order valence-corrected chi connectivity index (χ3v) is 2.93. The second kappa shape index (κ2) is 10.3. The van der Waals surface area contributed by atoms with Crippen molar-refractivity contribution < 1.29 is 19.1 Å². The maximum absolute atomic E-state index is 11.4. The molecule has 3 N–H and O–H groups in total. The number of hydrogen-bond donors (Lipinski definition) is 3. The summed E-state index contributed by atoms with van der Waals surface area (Å²) in [5, 5.41) is 7.89. The van der Waals surface area contributed by atoms with E-state index < -0.39 is 11.7 Å². The molecule has 0 aliphatic rings. The molecule has 0 saturated carbocycles. The van der Waals surface area contributed by atoms with E-state index in [1.165, 1.54) is 18.7 Å². The Hall–Kier alpha value is -1.44. The van der Waals surface area contributed by atoms with Crippen LogP contribution in [0.4, 0.5) is 4.79 Å². The highest BCUT2D eigenvalue weighted by Crippen LogP contribution is 2.06. The van der Waals surface area contributed by atoms with E-state index >= 15 is 0 Å². The minimum absolute atomic E-state index is 0.0948. The third-order valence-electron chi connectivity index (χ3n) is 1.97. The maximum atomic E-state index is 11.4. The molecule has 0 aliphatic carbocycles. The van der Waals surface area contributed by atoms with Crippen LogP contribution in [0.2, 0.25) is 0 Å². The molecule has 0 heterocycles. The predicted octanol–water partition coefficient (Wildman–Crippen LogP) is 0.497. The molecule has 0 bridgehead atoms. The Bertz CT molecular complexity index is 356. The number of carbonyl (C=O) groups is 3. The van der Waals surface area contributed by atoms with Gasteiger partial charge in [0.2, 0.25) is 11.8 Å². The minimum atomic E-state index is -0.509. The largest absolute Gasteiger partial charge is 0.444 e. The summed E-state index contributed by atoms with van der Waals surface area (Å²) in [4.78, 5) is 33.3. The van der Waals surface area contributed by atoms with Gasteiger partial charge in [-0.2, -0.15) is 11.8 Å². The zero-order valence-corrected chi connectivity index (χ0v) is 13.9. The fourth-order valence-electron chi connectivity index (χ4n) is 1.20. The molecule has 0 spiro atoms. The van der Waals surface area contributed by atoms with Crippen LogP contribution in [0.15, 0.2) is 0 Å². The topological polar surface area (TPSA) is 96.5 Å². The Morgan fingerprint density at radius 1 is 1.00 bits per heavy atom. The molecule has 122 valence electrons. The van der Waals surface area contributed by atoms with E-state index in [9.17, 15) is 14.4 Å². The Morgan fingerprint density at radius 2 is 1.62 bits per heavy atom. The van der Waals surface area contributed by atoms with Gasteiger partial charge in [-0.05, 0) is 20.8 Å². The molecule has 0 atom stereocenters. The number of nitrogens with one attached hydrogen (secondary N) is 3. The SMILES string of the molecule is CC(=O)NCCNC(=O)CSCCNC(=O)OC(C)(C)C. The summed E-state index contributed by atoms with van der Waals surface area (Å²) in [7, 11) is 0.